The lowest BCUT2D eigenvalue weighted by Gasteiger charge is -2.33. The summed E-state index contributed by atoms with van der Waals surface area (Å²) in [6, 6.07) is 2.74. The second-order valence-corrected chi connectivity index (χ2v) is 6.44. The SMILES string of the molecule is N#CC1(NC(=O)CN2CCCC2CCCO)CCCCC1. The first-order chi connectivity index (χ1) is 10.2. The lowest BCUT2D eigenvalue weighted by Crippen LogP contribution is -2.52. The first kappa shape index (κ1) is 16.3. The molecule has 1 aliphatic heterocycles. The Bertz CT molecular complexity index is 385. The lowest BCUT2D eigenvalue weighted by atomic mass is 9.83. The van der Waals surface area contributed by atoms with Crippen LogP contribution < -0.4 is 5.32 Å². The van der Waals surface area contributed by atoms with Crippen molar-refractivity contribution in [3.63, 3.8) is 0 Å². The molecule has 2 fully saturated rings. The van der Waals surface area contributed by atoms with E-state index < -0.39 is 5.54 Å². The van der Waals surface area contributed by atoms with Crippen LogP contribution in [0.2, 0.25) is 0 Å². The van der Waals surface area contributed by atoms with E-state index >= 15 is 0 Å². The number of aliphatic hydroxyl groups is 1. The number of hydrogen-bond acceptors (Lipinski definition) is 4. The fraction of sp³-hybridized carbons (Fsp3) is 0.875. The van der Waals surface area contributed by atoms with Crippen molar-refractivity contribution < 1.29 is 9.90 Å². The molecule has 1 aliphatic carbocycles. The van der Waals surface area contributed by atoms with Crippen LogP contribution in [-0.4, -0.2) is 47.2 Å². The summed E-state index contributed by atoms with van der Waals surface area (Å²) in [6.45, 7) is 1.55. The van der Waals surface area contributed by atoms with E-state index in [1.165, 1.54) is 0 Å². The van der Waals surface area contributed by atoms with Crippen molar-refractivity contribution >= 4 is 5.91 Å². The Morgan fingerprint density at radius 1 is 1.33 bits per heavy atom. The van der Waals surface area contributed by atoms with Crippen LogP contribution in [0, 0.1) is 11.3 Å². The summed E-state index contributed by atoms with van der Waals surface area (Å²) >= 11 is 0. The number of aliphatic hydroxyl groups excluding tert-OH is 1. The molecule has 1 saturated heterocycles. The second-order valence-electron chi connectivity index (χ2n) is 6.44. The van der Waals surface area contributed by atoms with Gasteiger partial charge in [0.1, 0.15) is 5.54 Å². The highest BCUT2D eigenvalue weighted by Gasteiger charge is 2.34. The molecule has 21 heavy (non-hydrogen) atoms. The molecule has 1 amide bonds. The van der Waals surface area contributed by atoms with Gasteiger partial charge in [-0.05, 0) is 45.1 Å². The van der Waals surface area contributed by atoms with Gasteiger partial charge in [-0.2, -0.15) is 5.26 Å². The van der Waals surface area contributed by atoms with E-state index in [4.69, 9.17) is 5.11 Å². The molecular formula is C16H27N3O2. The molecule has 1 heterocycles. The van der Waals surface area contributed by atoms with E-state index in [1.807, 2.05) is 0 Å². The van der Waals surface area contributed by atoms with Crippen LogP contribution in [0.15, 0.2) is 0 Å². The van der Waals surface area contributed by atoms with E-state index in [1.54, 1.807) is 0 Å². The highest BCUT2D eigenvalue weighted by molar-refractivity contribution is 5.79. The Labute approximate surface area is 127 Å². The third-order valence-electron chi connectivity index (χ3n) is 4.84. The number of hydrogen-bond donors (Lipinski definition) is 2. The molecule has 0 radical (unpaired) electrons. The molecular weight excluding hydrogens is 266 g/mol. The molecule has 2 rings (SSSR count). The van der Waals surface area contributed by atoms with Gasteiger partial charge in [0.15, 0.2) is 0 Å². The van der Waals surface area contributed by atoms with E-state index in [-0.39, 0.29) is 12.5 Å². The maximum Gasteiger partial charge on any atom is 0.235 e. The standard InChI is InChI=1S/C16H27N3O2/c17-13-16(8-2-1-3-9-16)18-15(21)12-19-10-4-6-14(19)7-5-11-20/h14,20H,1-12H2,(H,18,21). The Kier molecular flexibility index (Phi) is 6.01. The van der Waals surface area contributed by atoms with Gasteiger partial charge < -0.3 is 10.4 Å². The minimum absolute atomic E-state index is 0.0191. The van der Waals surface area contributed by atoms with E-state index in [0.717, 1.165) is 64.3 Å². The van der Waals surface area contributed by atoms with Gasteiger partial charge in [-0.25, -0.2) is 0 Å². The van der Waals surface area contributed by atoms with Crippen LogP contribution in [0.3, 0.4) is 0 Å². The average Bonchev–Trinajstić information content (AvgIpc) is 2.93. The smallest absolute Gasteiger partial charge is 0.235 e. The normalized spacial score (nSPS) is 25.4. The number of likely N-dealkylation sites (tertiary alicyclic amines) is 1. The minimum atomic E-state index is -0.629. The van der Waals surface area contributed by atoms with Crippen molar-refractivity contribution in [1.82, 2.24) is 10.2 Å². The Morgan fingerprint density at radius 2 is 2.10 bits per heavy atom. The summed E-state index contributed by atoms with van der Waals surface area (Å²) in [5.41, 5.74) is -0.629. The molecule has 2 N–H and O–H groups in total. The highest BCUT2D eigenvalue weighted by atomic mass is 16.3. The van der Waals surface area contributed by atoms with Crippen molar-refractivity contribution in [2.75, 3.05) is 19.7 Å². The average molecular weight is 293 g/mol. The van der Waals surface area contributed by atoms with Gasteiger partial charge >= 0.3 is 0 Å². The maximum atomic E-state index is 12.3. The van der Waals surface area contributed by atoms with E-state index in [9.17, 15) is 10.1 Å². The van der Waals surface area contributed by atoms with E-state index in [0.29, 0.717) is 12.6 Å². The predicted molar refractivity (Wildman–Crippen MR) is 80.5 cm³/mol. The molecule has 1 atom stereocenters. The number of nitrogens with one attached hydrogen (secondary N) is 1. The Balaban J connectivity index is 1.84. The van der Waals surface area contributed by atoms with Gasteiger partial charge in [0.2, 0.25) is 5.91 Å². The molecule has 0 aromatic rings. The molecule has 118 valence electrons. The van der Waals surface area contributed by atoms with Crippen molar-refractivity contribution in [3.8, 4) is 6.07 Å². The molecule has 0 spiro atoms. The zero-order valence-electron chi connectivity index (χ0n) is 12.8. The van der Waals surface area contributed by atoms with Gasteiger partial charge in [0, 0.05) is 12.6 Å². The monoisotopic (exact) mass is 293 g/mol. The van der Waals surface area contributed by atoms with Crippen molar-refractivity contribution in [2.24, 2.45) is 0 Å². The number of amides is 1. The molecule has 0 bridgehead atoms. The topological polar surface area (TPSA) is 76.4 Å². The zero-order valence-corrected chi connectivity index (χ0v) is 12.8. The number of carbonyl (C=O) groups excluding carboxylic acids is 1. The summed E-state index contributed by atoms with van der Waals surface area (Å²) < 4.78 is 0. The highest BCUT2D eigenvalue weighted by Crippen LogP contribution is 2.28. The largest absolute Gasteiger partial charge is 0.396 e. The number of nitrogens with zero attached hydrogens (tertiary/aromatic N) is 2. The summed E-state index contributed by atoms with van der Waals surface area (Å²) in [5, 5.41) is 21.4. The molecule has 1 saturated carbocycles. The summed E-state index contributed by atoms with van der Waals surface area (Å²) in [7, 11) is 0. The van der Waals surface area contributed by atoms with Crippen LogP contribution in [0.1, 0.15) is 57.8 Å². The van der Waals surface area contributed by atoms with Crippen molar-refractivity contribution in [3.05, 3.63) is 0 Å². The summed E-state index contributed by atoms with van der Waals surface area (Å²) in [6.07, 6.45) is 8.75. The first-order valence-corrected chi connectivity index (χ1v) is 8.26. The molecule has 0 aromatic carbocycles. The van der Waals surface area contributed by atoms with Gasteiger partial charge in [0.25, 0.3) is 0 Å². The minimum Gasteiger partial charge on any atom is -0.396 e. The summed E-state index contributed by atoms with van der Waals surface area (Å²) in [5.74, 6) is -0.0191. The Hall–Kier alpha value is -1.12. The fourth-order valence-corrected chi connectivity index (χ4v) is 3.67. The van der Waals surface area contributed by atoms with Crippen LogP contribution >= 0.6 is 0 Å². The molecule has 2 aliphatic rings. The number of carbonyl (C=O) groups is 1. The Morgan fingerprint density at radius 3 is 2.76 bits per heavy atom. The quantitative estimate of drug-likeness (QED) is 0.779. The van der Waals surface area contributed by atoms with Crippen LogP contribution in [0.25, 0.3) is 0 Å². The fourth-order valence-electron chi connectivity index (χ4n) is 3.67. The predicted octanol–water partition coefficient (Wildman–Crippen LogP) is 1.57. The van der Waals surface area contributed by atoms with E-state index in [2.05, 4.69) is 16.3 Å². The van der Waals surface area contributed by atoms with Crippen molar-refractivity contribution in [1.29, 1.82) is 5.26 Å². The van der Waals surface area contributed by atoms with Crippen LogP contribution in [0.4, 0.5) is 0 Å². The molecule has 5 heteroatoms. The van der Waals surface area contributed by atoms with Gasteiger partial charge in [-0.3, -0.25) is 9.69 Å². The third-order valence-corrected chi connectivity index (χ3v) is 4.84. The van der Waals surface area contributed by atoms with Gasteiger partial charge in [-0.15, -0.1) is 0 Å². The summed E-state index contributed by atoms with van der Waals surface area (Å²) in [4.78, 5) is 14.5. The van der Waals surface area contributed by atoms with Crippen molar-refractivity contribution in [2.45, 2.75) is 69.4 Å². The molecule has 0 aromatic heterocycles. The van der Waals surface area contributed by atoms with Gasteiger partial charge in [-0.1, -0.05) is 19.3 Å². The maximum absolute atomic E-state index is 12.3. The number of nitriles is 1. The van der Waals surface area contributed by atoms with Crippen LogP contribution in [0.5, 0.6) is 0 Å². The number of rotatable bonds is 6. The van der Waals surface area contributed by atoms with Crippen LogP contribution in [-0.2, 0) is 4.79 Å². The zero-order chi connectivity index (χ0) is 15.1. The first-order valence-electron chi connectivity index (χ1n) is 8.26. The van der Waals surface area contributed by atoms with Gasteiger partial charge in [0.05, 0.1) is 12.6 Å². The lowest BCUT2D eigenvalue weighted by molar-refractivity contribution is -0.124. The molecule has 5 nitrogen and oxygen atoms in total. The second kappa shape index (κ2) is 7.77. The third kappa shape index (κ3) is 4.42. The molecule has 1 unspecified atom stereocenters.